The Bertz CT molecular complexity index is 408. The number of halogens is 1. The van der Waals surface area contributed by atoms with Gasteiger partial charge in [0, 0.05) is 16.7 Å². The lowest BCUT2D eigenvalue weighted by atomic mass is 10.3. The van der Waals surface area contributed by atoms with Gasteiger partial charge >= 0.3 is 5.97 Å². The van der Waals surface area contributed by atoms with Gasteiger partial charge in [-0.25, -0.2) is 4.79 Å². The van der Waals surface area contributed by atoms with Crippen LogP contribution in [0.25, 0.3) is 0 Å². The van der Waals surface area contributed by atoms with E-state index in [0.717, 1.165) is 0 Å². The van der Waals surface area contributed by atoms with Gasteiger partial charge in [0.2, 0.25) is 0 Å². The number of esters is 1. The largest absolute Gasteiger partial charge is 0.451 e. The van der Waals surface area contributed by atoms with Gasteiger partial charge in [0.15, 0.2) is 0 Å². The second kappa shape index (κ2) is 3.95. The lowest BCUT2D eigenvalue weighted by molar-refractivity contribution is -0.148. The van der Waals surface area contributed by atoms with Crippen LogP contribution in [-0.2, 0) is 9.53 Å². The highest BCUT2D eigenvalue weighted by molar-refractivity contribution is 6.30. The van der Waals surface area contributed by atoms with E-state index in [4.69, 9.17) is 21.1 Å². The molecule has 0 radical (unpaired) electrons. The predicted molar refractivity (Wildman–Crippen MR) is 55.7 cm³/mol. The zero-order valence-electron chi connectivity index (χ0n) is 8.07. The van der Waals surface area contributed by atoms with Gasteiger partial charge in [-0.1, -0.05) is 11.6 Å². The first-order chi connectivity index (χ1) is 7.15. The molecule has 0 aromatic heterocycles. The van der Waals surface area contributed by atoms with Crippen molar-refractivity contribution in [2.45, 2.75) is 13.2 Å². The zero-order chi connectivity index (χ0) is 10.8. The summed E-state index contributed by atoms with van der Waals surface area (Å²) in [5, 5.41) is 0.637. The van der Waals surface area contributed by atoms with Crippen LogP contribution in [0.1, 0.15) is 6.92 Å². The molecule has 2 rings (SSSR count). The topological polar surface area (TPSA) is 35.5 Å². The highest BCUT2D eigenvalue weighted by atomic mass is 35.5. The zero-order valence-corrected chi connectivity index (χ0v) is 8.82. The standard InChI is InChI=1S/C11H9ClO3/c1-7-6-10(15-11(7)13)14-9-4-2-8(12)3-5-9/h2-6,10H,1H3/t10-/m0/s1. The van der Waals surface area contributed by atoms with Crippen LogP contribution in [0.15, 0.2) is 35.9 Å². The fraction of sp³-hybridized carbons (Fsp3) is 0.182. The average Bonchev–Trinajstić information content (AvgIpc) is 2.50. The molecule has 1 aromatic rings. The molecule has 0 saturated heterocycles. The first kappa shape index (κ1) is 10.1. The SMILES string of the molecule is CC1=C[C@@H](Oc2ccc(Cl)cc2)OC1=O. The number of benzene rings is 1. The normalized spacial score (nSPS) is 19.7. The fourth-order valence-corrected chi connectivity index (χ4v) is 1.34. The molecule has 0 bridgehead atoms. The number of hydrogen-bond acceptors (Lipinski definition) is 3. The maximum atomic E-state index is 11.0. The van der Waals surface area contributed by atoms with E-state index in [9.17, 15) is 4.79 Å². The molecule has 4 heteroatoms. The summed E-state index contributed by atoms with van der Waals surface area (Å²) in [5.74, 6) is 0.275. The van der Waals surface area contributed by atoms with Gasteiger partial charge in [-0.3, -0.25) is 0 Å². The third-order valence-electron chi connectivity index (χ3n) is 2.00. The Hall–Kier alpha value is -1.48. The smallest absolute Gasteiger partial charge is 0.336 e. The molecule has 1 heterocycles. The second-order valence-corrected chi connectivity index (χ2v) is 3.63. The molecule has 0 spiro atoms. The van der Waals surface area contributed by atoms with Crippen molar-refractivity contribution in [1.29, 1.82) is 0 Å². The minimum absolute atomic E-state index is 0.339. The van der Waals surface area contributed by atoms with Gasteiger partial charge in [0.1, 0.15) is 5.75 Å². The maximum absolute atomic E-state index is 11.0. The molecule has 78 valence electrons. The molecule has 0 fully saturated rings. The Morgan fingerprint density at radius 2 is 2.00 bits per heavy atom. The molecular formula is C11H9ClO3. The first-order valence-electron chi connectivity index (χ1n) is 4.47. The Labute approximate surface area is 92.3 Å². The van der Waals surface area contributed by atoms with Gasteiger partial charge in [-0.15, -0.1) is 0 Å². The van der Waals surface area contributed by atoms with E-state index in [1.165, 1.54) is 0 Å². The molecule has 1 atom stereocenters. The molecule has 1 aliphatic heterocycles. The summed E-state index contributed by atoms with van der Waals surface area (Å²) in [6.45, 7) is 1.69. The van der Waals surface area contributed by atoms with E-state index in [1.807, 2.05) is 0 Å². The predicted octanol–water partition coefficient (Wildman–Crippen LogP) is 2.55. The molecule has 0 saturated carbocycles. The highest BCUT2D eigenvalue weighted by Gasteiger charge is 2.23. The van der Waals surface area contributed by atoms with E-state index in [0.29, 0.717) is 16.3 Å². The van der Waals surface area contributed by atoms with Crippen molar-refractivity contribution < 1.29 is 14.3 Å². The van der Waals surface area contributed by atoms with Gasteiger partial charge in [-0.2, -0.15) is 0 Å². The van der Waals surface area contributed by atoms with Crippen molar-refractivity contribution in [2.75, 3.05) is 0 Å². The molecule has 0 amide bonds. The van der Waals surface area contributed by atoms with Crippen molar-refractivity contribution in [3.8, 4) is 5.75 Å². The van der Waals surface area contributed by atoms with E-state index in [2.05, 4.69) is 0 Å². The van der Waals surface area contributed by atoms with Crippen molar-refractivity contribution in [1.82, 2.24) is 0 Å². The summed E-state index contributed by atoms with van der Waals surface area (Å²) in [5.41, 5.74) is 0.564. The minimum atomic E-state index is -0.626. The van der Waals surface area contributed by atoms with Crippen LogP contribution in [0.4, 0.5) is 0 Å². The van der Waals surface area contributed by atoms with Crippen molar-refractivity contribution in [3.63, 3.8) is 0 Å². The summed E-state index contributed by atoms with van der Waals surface area (Å²) in [6.07, 6.45) is 1.01. The Morgan fingerprint density at radius 3 is 2.53 bits per heavy atom. The second-order valence-electron chi connectivity index (χ2n) is 3.20. The number of carbonyl (C=O) groups excluding carboxylic acids is 1. The van der Waals surface area contributed by atoms with E-state index in [1.54, 1.807) is 37.3 Å². The molecule has 0 N–H and O–H groups in total. The molecular weight excluding hydrogens is 216 g/mol. The molecule has 1 aromatic carbocycles. The Kier molecular flexibility index (Phi) is 2.64. The molecule has 3 nitrogen and oxygen atoms in total. The summed E-state index contributed by atoms with van der Waals surface area (Å²) < 4.78 is 10.3. The fourth-order valence-electron chi connectivity index (χ4n) is 1.21. The van der Waals surface area contributed by atoms with Crippen molar-refractivity contribution in [2.24, 2.45) is 0 Å². The Balaban J connectivity index is 2.05. The van der Waals surface area contributed by atoms with Crippen LogP contribution in [-0.4, -0.2) is 12.3 Å². The van der Waals surface area contributed by atoms with Crippen LogP contribution in [0.2, 0.25) is 5.02 Å². The summed E-state index contributed by atoms with van der Waals surface area (Å²) in [4.78, 5) is 11.0. The maximum Gasteiger partial charge on any atom is 0.336 e. The van der Waals surface area contributed by atoms with Gasteiger partial charge < -0.3 is 9.47 Å². The number of carbonyl (C=O) groups is 1. The van der Waals surface area contributed by atoms with Gasteiger partial charge in [0.05, 0.1) is 0 Å². The third kappa shape index (κ3) is 2.30. The minimum Gasteiger partial charge on any atom is -0.451 e. The van der Waals surface area contributed by atoms with E-state index < -0.39 is 6.29 Å². The first-order valence-corrected chi connectivity index (χ1v) is 4.84. The van der Waals surface area contributed by atoms with Gasteiger partial charge in [0.25, 0.3) is 6.29 Å². The molecule has 0 unspecified atom stereocenters. The molecule has 15 heavy (non-hydrogen) atoms. The summed E-state index contributed by atoms with van der Waals surface area (Å²) in [6, 6.07) is 6.86. The van der Waals surface area contributed by atoms with E-state index >= 15 is 0 Å². The van der Waals surface area contributed by atoms with Crippen LogP contribution < -0.4 is 4.74 Å². The lowest BCUT2D eigenvalue weighted by Gasteiger charge is -2.10. The lowest BCUT2D eigenvalue weighted by Crippen LogP contribution is -2.15. The molecule has 1 aliphatic rings. The van der Waals surface area contributed by atoms with Crippen LogP contribution in [0, 0.1) is 0 Å². The monoisotopic (exact) mass is 224 g/mol. The Morgan fingerprint density at radius 1 is 1.33 bits per heavy atom. The molecule has 0 aliphatic carbocycles. The number of cyclic esters (lactones) is 1. The van der Waals surface area contributed by atoms with E-state index in [-0.39, 0.29) is 5.97 Å². The van der Waals surface area contributed by atoms with Gasteiger partial charge in [-0.05, 0) is 31.2 Å². The third-order valence-corrected chi connectivity index (χ3v) is 2.25. The van der Waals surface area contributed by atoms with Crippen LogP contribution in [0.5, 0.6) is 5.75 Å². The summed E-state index contributed by atoms with van der Waals surface area (Å²) in [7, 11) is 0. The van der Waals surface area contributed by atoms with Crippen LogP contribution in [0.3, 0.4) is 0 Å². The number of rotatable bonds is 2. The number of hydrogen-bond donors (Lipinski definition) is 0. The van der Waals surface area contributed by atoms with Crippen molar-refractivity contribution >= 4 is 17.6 Å². The quantitative estimate of drug-likeness (QED) is 0.725. The van der Waals surface area contributed by atoms with Crippen LogP contribution >= 0.6 is 11.6 Å². The van der Waals surface area contributed by atoms with Crippen molar-refractivity contribution in [3.05, 3.63) is 40.9 Å². The highest BCUT2D eigenvalue weighted by Crippen LogP contribution is 2.20. The average molecular weight is 225 g/mol. The summed E-state index contributed by atoms with van der Waals surface area (Å²) >= 11 is 5.72. The number of ether oxygens (including phenoxy) is 2.